The molecule has 16 heavy (non-hydrogen) atoms. The number of piperazine rings is 1. The van der Waals surface area contributed by atoms with E-state index >= 15 is 0 Å². The normalized spacial score (nSPS) is 22.2. The Hall–Kier alpha value is -1.36. The minimum absolute atomic E-state index is 0.498. The van der Waals surface area contributed by atoms with Crippen LogP contribution in [-0.4, -0.2) is 54.6 Å². The smallest absolute Gasteiger partial charge is 0.224 e. The van der Waals surface area contributed by atoms with Crippen molar-refractivity contribution in [2.45, 2.75) is 13.0 Å². The quantitative estimate of drug-likeness (QED) is 0.794. The van der Waals surface area contributed by atoms with E-state index in [-0.39, 0.29) is 0 Å². The van der Waals surface area contributed by atoms with Crippen LogP contribution in [0.4, 0.5) is 11.8 Å². The molecule has 5 heteroatoms. The van der Waals surface area contributed by atoms with Crippen LogP contribution in [0.1, 0.15) is 6.92 Å². The lowest BCUT2D eigenvalue weighted by Crippen LogP contribution is -2.50. The summed E-state index contributed by atoms with van der Waals surface area (Å²) in [7, 11) is 4.00. The molecule has 5 nitrogen and oxygen atoms in total. The molecule has 0 aliphatic carbocycles. The lowest BCUT2D eigenvalue weighted by Gasteiger charge is -2.38. The molecule has 1 aliphatic rings. The van der Waals surface area contributed by atoms with Crippen molar-refractivity contribution in [1.82, 2.24) is 14.9 Å². The van der Waals surface area contributed by atoms with Gasteiger partial charge in [-0.05, 0) is 20.0 Å². The van der Waals surface area contributed by atoms with Gasteiger partial charge in [0.15, 0.2) is 0 Å². The van der Waals surface area contributed by atoms with Gasteiger partial charge in [0.25, 0.3) is 0 Å². The summed E-state index contributed by atoms with van der Waals surface area (Å²) in [4.78, 5) is 13.3. The molecule has 0 bridgehead atoms. The molecule has 1 N–H and O–H groups in total. The summed E-state index contributed by atoms with van der Waals surface area (Å²) < 4.78 is 0. The van der Waals surface area contributed by atoms with Gasteiger partial charge in [-0.2, -0.15) is 4.98 Å². The number of nitrogens with zero attached hydrogens (tertiary/aromatic N) is 4. The van der Waals surface area contributed by atoms with Crippen LogP contribution in [0.3, 0.4) is 0 Å². The van der Waals surface area contributed by atoms with Crippen LogP contribution < -0.4 is 10.2 Å². The Kier molecular flexibility index (Phi) is 3.24. The highest BCUT2D eigenvalue weighted by atomic mass is 15.3. The van der Waals surface area contributed by atoms with E-state index in [1.54, 1.807) is 6.20 Å². The number of likely N-dealkylation sites (N-methyl/N-ethyl adjacent to an activating group) is 1. The van der Waals surface area contributed by atoms with Gasteiger partial charge in [0, 0.05) is 38.9 Å². The molecule has 1 fully saturated rings. The Balaban J connectivity index is 2.16. The Bertz CT molecular complexity index is 354. The fourth-order valence-corrected chi connectivity index (χ4v) is 2.11. The molecule has 0 saturated carbocycles. The second-order valence-electron chi connectivity index (χ2n) is 4.29. The third kappa shape index (κ3) is 2.24. The molecule has 0 spiro atoms. The molecular weight excluding hydrogens is 202 g/mol. The third-order valence-corrected chi connectivity index (χ3v) is 2.99. The summed E-state index contributed by atoms with van der Waals surface area (Å²) in [6.45, 7) is 5.43. The minimum Gasteiger partial charge on any atom is -0.357 e. The highest BCUT2D eigenvalue weighted by molar-refractivity contribution is 5.43. The van der Waals surface area contributed by atoms with E-state index in [0.29, 0.717) is 12.0 Å². The molecule has 88 valence electrons. The fraction of sp³-hybridized carbons (Fsp3) is 0.636. The number of hydrogen-bond donors (Lipinski definition) is 1. The largest absolute Gasteiger partial charge is 0.357 e. The molecule has 1 aromatic rings. The second kappa shape index (κ2) is 4.65. The van der Waals surface area contributed by atoms with Crippen molar-refractivity contribution >= 4 is 11.8 Å². The molecule has 0 amide bonds. The van der Waals surface area contributed by atoms with Crippen molar-refractivity contribution in [3.05, 3.63) is 12.3 Å². The average molecular weight is 221 g/mol. The monoisotopic (exact) mass is 221 g/mol. The van der Waals surface area contributed by atoms with E-state index < -0.39 is 0 Å². The van der Waals surface area contributed by atoms with E-state index in [0.717, 1.165) is 25.5 Å². The predicted octanol–water partition coefficient (Wildman–Crippen LogP) is 0.659. The Morgan fingerprint density at radius 1 is 1.44 bits per heavy atom. The van der Waals surface area contributed by atoms with Crippen LogP contribution in [-0.2, 0) is 0 Å². The van der Waals surface area contributed by atoms with Gasteiger partial charge < -0.3 is 15.1 Å². The van der Waals surface area contributed by atoms with Gasteiger partial charge in [0.2, 0.25) is 5.95 Å². The molecule has 1 saturated heterocycles. The van der Waals surface area contributed by atoms with Gasteiger partial charge in [-0.1, -0.05) is 0 Å². The standard InChI is InChI=1S/C11H19N5/c1-9-8-15(3)6-7-16(9)10-4-5-13-11(12-2)14-10/h4-5,9H,6-8H2,1-3H3,(H,12,13,14). The molecule has 1 aromatic heterocycles. The van der Waals surface area contributed by atoms with Crippen molar-refractivity contribution in [2.24, 2.45) is 0 Å². The molecule has 0 aromatic carbocycles. The van der Waals surface area contributed by atoms with Gasteiger partial charge in [-0.25, -0.2) is 4.98 Å². The highest BCUT2D eigenvalue weighted by Gasteiger charge is 2.22. The van der Waals surface area contributed by atoms with E-state index in [1.165, 1.54) is 0 Å². The number of aromatic nitrogens is 2. The Labute approximate surface area is 96.5 Å². The molecular formula is C11H19N5. The van der Waals surface area contributed by atoms with E-state index in [9.17, 15) is 0 Å². The van der Waals surface area contributed by atoms with Crippen LogP contribution in [0.2, 0.25) is 0 Å². The Morgan fingerprint density at radius 2 is 2.25 bits per heavy atom. The maximum atomic E-state index is 4.48. The zero-order valence-corrected chi connectivity index (χ0v) is 10.1. The summed E-state index contributed by atoms with van der Waals surface area (Å²) >= 11 is 0. The van der Waals surface area contributed by atoms with Crippen molar-refractivity contribution in [1.29, 1.82) is 0 Å². The molecule has 1 aliphatic heterocycles. The lowest BCUT2D eigenvalue weighted by molar-refractivity contribution is 0.274. The average Bonchev–Trinajstić information content (AvgIpc) is 2.29. The predicted molar refractivity (Wildman–Crippen MR) is 65.9 cm³/mol. The van der Waals surface area contributed by atoms with E-state index in [4.69, 9.17) is 0 Å². The van der Waals surface area contributed by atoms with Crippen LogP contribution in [0.5, 0.6) is 0 Å². The van der Waals surface area contributed by atoms with Gasteiger partial charge >= 0.3 is 0 Å². The topological polar surface area (TPSA) is 44.3 Å². The molecule has 1 atom stereocenters. The second-order valence-corrected chi connectivity index (χ2v) is 4.29. The van der Waals surface area contributed by atoms with E-state index in [1.807, 2.05) is 13.1 Å². The van der Waals surface area contributed by atoms with E-state index in [2.05, 4.69) is 39.1 Å². The SMILES string of the molecule is CNc1nccc(N2CCN(C)CC2C)n1. The molecule has 1 unspecified atom stereocenters. The zero-order chi connectivity index (χ0) is 11.5. The summed E-state index contributed by atoms with van der Waals surface area (Å²) in [5.41, 5.74) is 0. The van der Waals surface area contributed by atoms with Crippen molar-refractivity contribution in [2.75, 3.05) is 43.9 Å². The fourth-order valence-electron chi connectivity index (χ4n) is 2.11. The Morgan fingerprint density at radius 3 is 2.94 bits per heavy atom. The van der Waals surface area contributed by atoms with Crippen molar-refractivity contribution in [3.63, 3.8) is 0 Å². The van der Waals surface area contributed by atoms with Crippen LogP contribution in [0, 0.1) is 0 Å². The van der Waals surface area contributed by atoms with Crippen LogP contribution >= 0.6 is 0 Å². The zero-order valence-electron chi connectivity index (χ0n) is 10.1. The highest BCUT2D eigenvalue weighted by Crippen LogP contribution is 2.18. The van der Waals surface area contributed by atoms with Crippen molar-refractivity contribution in [3.8, 4) is 0 Å². The summed E-state index contributed by atoms with van der Waals surface area (Å²) in [5, 5.41) is 2.97. The molecule has 2 heterocycles. The number of anilines is 2. The minimum atomic E-state index is 0.498. The van der Waals surface area contributed by atoms with Crippen LogP contribution in [0.15, 0.2) is 12.3 Å². The lowest BCUT2D eigenvalue weighted by atomic mass is 10.2. The summed E-state index contributed by atoms with van der Waals surface area (Å²) in [6, 6.07) is 2.47. The number of nitrogens with one attached hydrogen (secondary N) is 1. The third-order valence-electron chi connectivity index (χ3n) is 2.99. The van der Waals surface area contributed by atoms with Crippen LogP contribution in [0.25, 0.3) is 0 Å². The van der Waals surface area contributed by atoms with Gasteiger partial charge in [0.1, 0.15) is 5.82 Å². The summed E-state index contributed by atoms with van der Waals surface area (Å²) in [5.74, 6) is 1.70. The van der Waals surface area contributed by atoms with Crippen molar-refractivity contribution < 1.29 is 0 Å². The molecule has 2 rings (SSSR count). The summed E-state index contributed by atoms with van der Waals surface area (Å²) in [6.07, 6.45) is 1.80. The first-order valence-electron chi connectivity index (χ1n) is 5.66. The number of rotatable bonds is 2. The van der Waals surface area contributed by atoms with Gasteiger partial charge in [-0.15, -0.1) is 0 Å². The number of hydrogen-bond acceptors (Lipinski definition) is 5. The first-order chi connectivity index (χ1) is 7.70. The van der Waals surface area contributed by atoms with Gasteiger partial charge in [0.05, 0.1) is 0 Å². The van der Waals surface area contributed by atoms with Gasteiger partial charge in [-0.3, -0.25) is 0 Å². The first kappa shape index (κ1) is 11.1. The maximum Gasteiger partial charge on any atom is 0.224 e. The first-order valence-corrected chi connectivity index (χ1v) is 5.66. The maximum absolute atomic E-state index is 4.48. The molecule has 0 radical (unpaired) electrons.